The molecule has 90 valence electrons. The molecule has 0 aliphatic heterocycles. The van der Waals surface area contributed by atoms with Crippen molar-refractivity contribution in [2.75, 3.05) is 12.3 Å². The van der Waals surface area contributed by atoms with Crippen molar-refractivity contribution < 1.29 is 13.2 Å². The van der Waals surface area contributed by atoms with Crippen LogP contribution in [0.2, 0.25) is 0 Å². The van der Waals surface area contributed by atoms with E-state index < -0.39 is 16.1 Å². The Balaban J connectivity index is 4.11. The molecular formula is C9H20N2O3S. The van der Waals surface area contributed by atoms with Gasteiger partial charge in [-0.3, -0.25) is 4.79 Å². The van der Waals surface area contributed by atoms with Crippen molar-refractivity contribution >= 4 is 15.9 Å². The minimum atomic E-state index is -3.31. The van der Waals surface area contributed by atoms with Gasteiger partial charge in [-0.15, -0.1) is 0 Å². The number of carbonyl (C=O) groups is 1. The van der Waals surface area contributed by atoms with Gasteiger partial charge in [-0.25, -0.2) is 13.1 Å². The van der Waals surface area contributed by atoms with Gasteiger partial charge < -0.3 is 5.32 Å². The summed E-state index contributed by atoms with van der Waals surface area (Å²) in [4.78, 5) is 11.4. The number of hydrogen-bond donors (Lipinski definition) is 2. The summed E-state index contributed by atoms with van der Waals surface area (Å²) >= 11 is 0. The fraction of sp³-hybridized carbons (Fsp3) is 0.889. The van der Waals surface area contributed by atoms with E-state index in [1.54, 1.807) is 0 Å². The van der Waals surface area contributed by atoms with Crippen molar-refractivity contribution in [1.82, 2.24) is 10.0 Å². The van der Waals surface area contributed by atoms with Crippen LogP contribution in [-0.4, -0.2) is 32.7 Å². The van der Waals surface area contributed by atoms with Crippen LogP contribution in [0.4, 0.5) is 0 Å². The third-order valence-electron chi connectivity index (χ3n) is 1.81. The van der Waals surface area contributed by atoms with Crippen LogP contribution in [0.25, 0.3) is 0 Å². The second kappa shape index (κ2) is 6.07. The molecule has 0 fully saturated rings. The van der Waals surface area contributed by atoms with E-state index in [9.17, 15) is 13.2 Å². The minimum Gasteiger partial charge on any atom is -0.354 e. The van der Waals surface area contributed by atoms with E-state index in [0.717, 1.165) is 0 Å². The van der Waals surface area contributed by atoms with Crippen LogP contribution < -0.4 is 10.0 Å². The molecule has 0 aromatic carbocycles. The van der Waals surface area contributed by atoms with Crippen LogP contribution in [0, 0.1) is 5.92 Å². The quantitative estimate of drug-likeness (QED) is 0.686. The predicted octanol–water partition coefficient (Wildman–Crippen LogP) is 0.0864. The van der Waals surface area contributed by atoms with Gasteiger partial charge in [0.05, 0.1) is 11.8 Å². The Kier molecular flexibility index (Phi) is 5.82. The van der Waals surface area contributed by atoms with Crippen molar-refractivity contribution in [3.05, 3.63) is 0 Å². The van der Waals surface area contributed by atoms with E-state index in [1.807, 2.05) is 13.8 Å². The number of carbonyl (C=O) groups excluding carboxylic acids is 1. The maximum absolute atomic E-state index is 11.4. The summed E-state index contributed by atoms with van der Waals surface area (Å²) in [5.41, 5.74) is 0. The van der Waals surface area contributed by atoms with E-state index in [0.29, 0.717) is 12.5 Å². The standard InChI is InChI=1S/C9H20N2O3S/c1-5-15(13,14)11-8(4)9(12)10-6-7(2)3/h7-8,11H,5-6H2,1-4H3,(H,10,12). The molecule has 0 aliphatic rings. The van der Waals surface area contributed by atoms with E-state index in [-0.39, 0.29) is 11.7 Å². The van der Waals surface area contributed by atoms with Crippen molar-refractivity contribution in [1.29, 1.82) is 0 Å². The van der Waals surface area contributed by atoms with Gasteiger partial charge in [-0.2, -0.15) is 0 Å². The number of sulfonamides is 1. The predicted molar refractivity (Wildman–Crippen MR) is 59.9 cm³/mol. The van der Waals surface area contributed by atoms with Gasteiger partial charge in [0.25, 0.3) is 0 Å². The van der Waals surface area contributed by atoms with E-state index in [4.69, 9.17) is 0 Å². The first-order chi connectivity index (χ1) is 6.78. The molecule has 0 heterocycles. The Hall–Kier alpha value is -0.620. The summed E-state index contributed by atoms with van der Waals surface area (Å²) < 4.78 is 24.6. The third-order valence-corrected chi connectivity index (χ3v) is 3.29. The second-order valence-electron chi connectivity index (χ2n) is 3.88. The van der Waals surface area contributed by atoms with E-state index >= 15 is 0 Å². The lowest BCUT2D eigenvalue weighted by atomic mass is 10.2. The van der Waals surface area contributed by atoms with Gasteiger partial charge in [0.15, 0.2) is 0 Å². The van der Waals surface area contributed by atoms with Crippen LogP contribution in [0.3, 0.4) is 0 Å². The SMILES string of the molecule is CCS(=O)(=O)NC(C)C(=O)NCC(C)C. The Morgan fingerprint density at radius 1 is 1.27 bits per heavy atom. The van der Waals surface area contributed by atoms with Crippen LogP contribution >= 0.6 is 0 Å². The normalized spacial score (nSPS) is 13.9. The van der Waals surface area contributed by atoms with Crippen LogP contribution in [-0.2, 0) is 14.8 Å². The largest absolute Gasteiger partial charge is 0.354 e. The van der Waals surface area contributed by atoms with Gasteiger partial charge in [0.2, 0.25) is 15.9 Å². The van der Waals surface area contributed by atoms with Gasteiger partial charge in [0.1, 0.15) is 0 Å². The van der Waals surface area contributed by atoms with Gasteiger partial charge in [-0.05, 0) is 19.8 Å². The van der Waals surface area contributed by atoms with Gasteiger partial charge >= 0.3 is 0 Å². The molecule has 0 aromatic heterocycles. The van der Waals surface area contributed by atoms with Crippen LogP contribution in [0.15, 0.2) is 0 Å². The van der Waals surface area contributed by atoms with E-state index in [2.05, 4.69) is 10.0 Å². The van der Waals surface area contributed by atoms with Gasteiger partial charge in [-0.1, -0.05) is 13.8 Å². The first-order valence-electron chi connectivity index (χ1n) is 5.06. The summed E-state index contributed by atoms with van der Waals surface area (Å²) in [7, 11) is -3.31. The maximum atomic E-state index is 11.4. The smallest absolute Gasteiger partial charge is 0.237 e. The maximum Gasteiger partial charge on any atom is 0.237 e. The molecule has 0 saturated heterocycles. The van der Waals surface area contributed by atoms with Crippen molar-refractivity contribution in [2.24, 2.45) is 5.92 Å². The molecule has 0 saturated carbocycles. The van der Waals surface area contributed by atoms with E-state index in [1.165, 1.54) is 13.8 Å². The van der Waals surface area contributed by atoms with Crippen LogP contribution in [0.5, 0.6) is 0 Å². The van der Waals surface area contributed by atoms with Crippen molar-refractivity contribution in [2.45, 2.75) is 33.7 Å². The molecule has 6 heteroatoms. The molecule has 0 bridgehead atoms. The lowest BCUT2D eigenvalue weighted by Gasteiger charge is -2.14. The fourth-order valence-electron chi connectivity index (χ4n) is 0.864. The molecule has 5 nitrogen and oxygen atoms in total. The topological polar surface area (TPSA) is 75.3 Å². The van der Waals surface area contributed by atoms with Crippen molar-refractivity contribution in [3.8, 4) is 0 Å². The van der Waals surface area contributed by atoms with Crippen LogP contribution in [0.1, 0.15) is 27.7 Å². The molecule has 0 rings (SSSR count). The molecule has 0 aliphatic carbocycles. The zero-order chi connectivity index (χ0) is 12.1. The fourth-order valence-corrected chi connectivity index (χ4v) is 1.68. The summed E-state index contributed by atoms with van der Waals surface area (Å²) in [6.45, 7) is 7.56. The average Bonchev–Trinajstić information content (AvgIpc) is 2.13. The Bertz CT molecular complexity index is 298. The molecule has 1 unspecified atom stereocenters. The monoisotopic (exact) mass is 236 g/mol. The zero-order valence-electron chi connectivity index (χ0n) is 9.70. The highest BCUT2D eigenvalue weighted by Crippen LogP contribution is 1.92. The summed E-state index contributed by atoms with van der Waals surface area (Å²) in [6.07, 6.45) is 0. The third kappa shape index (κ3) is 6.46. The highest BCUT2D eigenvalue weighted by Gasteiger charge is 2.18. The van der Waals surface area contributed by atoms with Gasteiger partial charge in [0, 0.05) is 6.54 Å². The molecule has 15 heavy (non-hydrogen) atoms. The summed E-state index contributed by atoms with van der Waals surface area (Å²) in [5.74, 6) is 0.0408. The minimum absolute atomic E-state index is 0.0190. The number of amides is 1. The Morgan fingerprint density at radius 3 is 2.20 bits per heavy atom. The molecule has 0 radical (unpaired) electrons. The summed E-state index contributed by atoms with van der Waals surface area (Å²) in [6, 6.07) is -0.714. The highest BCUT2D eigenvalue weighted by molar-refractivity contribution is 7.89. The molecule has 2 N–H and O–H groups in total. The Morgan fingerprint density at radius 2 is 1.80 bits per heavy atom. The Labute approximate surface area is 91.7 Å². The molecule has 1 atom stereocenters. The number of nitrogens with one attached hydrogen (secondary N) is 2. The first kappa shape index (κ1) is 14.4. The average molecular weight is 236 g/mol. The lowest BCUT2D eigenvalue weighted by molar-refractivity contribution is -0.122. The van der Waals surface area contributed by atoms with Crippen molar-refractivity contribution in [3.63, 3.8) is 0 Å². The molecule has 1 amide bonds. The molecule has 0 aromatic rings. The number of hydrogen-bond acceptors (Lipinski definition) is 3. The summed E-state index contributed by atoms with van der Waals surface area (Å²) in [5, 5.41) is 2.66. The second-order valence-corrected chi connectivity index (χ2v) is 5.92. The first-order valence-corrected chi connectivity index (χ1v) is 6.71. The zero-order valence-corrected chi connectivity index (χ0v) is 10.5. The molecule has 0 spiro atoms. The lowest BCUT2D eigenvalue weighted by Crippen LogP contribution is -2.46. The number of rotatable bonds is 6. The molecular weight excluding hydrogens is 216 g/mol. The highest BCUT2D eigenvalue weighted by atomic mass is 32.2.